The summed E-state index contributed by atoms with van der Waals surface area (Å²) in [6.07, 6.45) is 0.711. The number of hydrogen-bond acceptors (Lipinski definition) is 3. The SMILES string of the molecule is CCC(C)(C)NC(=O)C(C)S(=O)(=O)c1cccc(Cl)c1. The fourth-order valence-corrected chi connectivity index (χ4v) is 3.08. The first-order valence-corrected chi connectivity index (χ1v) is 8.34. The van der Waals surface area contributed by atoms with E-state index in [1.165, 1.54) is 19.1 Å². The highest BCUT2D eigenvalue weighted by Gasteiger charge is 2.32. The van der Waals surface area contributed by atoms with Crippen LogP contribution in [-0.4, -0.2) is 25.1 Å². The molecule has 1 amide bonds. The van der Waals surface area contributed by atoms with Crippen molar-refractivity contribution in [3.8, 4) is 0 Å². The fraction of sp³-hybridized carbons (Fsp3) is 0.500. The van der Waals surface area contributed by atoms with Gasteiger partial charge in [-0.1, -0.05) is 24.6 Å². The molecule has 112 valence electrons. The van der Waals surface area contributed by atoms with Crippen molar-refractivity contribution >= 4 is 27.3 Å². The van der Waals surface area contributed by atoms with Crippen molar-refractivity contribution in [3.63, 3.8) is 0 Å². The van der Waals surface area contributed by atoms with Crippen LogP contribution in [0.2, 0.25) is 5.02 Å². The Labute approximate surface area is 125 Å². The summed E-state index contributed by atoms with van der Waals surface area (Å²) in [6.45, 7) is 7.01. The Morgan fingerprint density at radius 3 is 2.50 bits per heavy atom. The quantitative estimate of drug-likeness (QED) is 0.908. The van der Waals surface area contributed by atoms with Gasteiger partial charge >= 0.3 is 0 Å². The summed E-state index contributed by atoms with van der Waals surface area (Å²) in [5.74, 6) is -0.503. The van der Waals surface area contributed by atoms with Crippen molar-refractivity contribution in [3.05, 3.63) is 29.3 Å². The maximum atomic E-state index is 12.4. The topological polar surface area (TPSA) is 63.2 Å². The van der Waals surface area contributed by atoms with Gasteiger partial charge < -0.3 is 5.32 Å². The molecule has 0 fully saturated rings. The van der Waals surface area contributed by atoms with E-state index in [4.69, 9.17) is 11.6 Å². The van der Waals surface area contributed by atoms with Gasteiger partial charge in [0.15, 0.2) is 9.84 Å². The molecule has 0 saturated heterocycles. The normalized spacial score (nSPS) is 13.8. The molecule has 6 heteroatoms. The summed E-state index contributed by atoms with van der Waals surface area (Å²) < 4.78 is 24.8. The lowest BCUT2D eigenvalue weighted by Crippen LogP contribution is -2.48. The van der Waals surface area contributed by atoms with Gasteiger partial charge in [0.05, 0.1) is 4.90 Å². The minimum absolute atomic E-state index is 0.0574. The number of hydrogen-bond donors (Lipinski definition) is 1. The number of halogens is 1. The van der Waals surface area contributed by atoms with Gasteiger partial charge in [0, 0.05) is 10.6 Å². The summed E-state index contributed by atoms with van der Waals surface area (Å²) >= 11 is 5.80. The van der Waals surface area contributed by atoms with E-state index < -0.39 is 26.5 Å². The van der Waals surface area contributed by atoms with Gasteiger partial charge in [-0.05, 0) is 45.4 Å². The molecule has 0 saturated carbocycles. The van der Waals surface area contributed by atoms with E-state index in [0.717, 1.165) is 0 Å². The third kappa shape index (κ3) is 3.96. The Morgan fingerprint density at radius 2 is 2.00 bits per heavy atom. The van der Waals surface area contributed by atoms with Crippen LogP contribution in [0.5, 0.6) is 0 Å². The molecule has 0 aromatic heterocycles. The van der Waals surface area contributed by atoms with Crippen LogP contribution in [0.3, 0.4) is 0 Å². The maximum Gasteiger partial charge on any atom is 0.238 e. The zero-order chi connectivity index (χ0) is 15.6. The summed E-state index contributed by atoms with van der Waals surface area (Å²) in [7, 11) is -3.74. The zero-order valence-corrected chi connectivity index (χ0v) is 13.7. The van der Waals surface area contributed by atoms with Gasteiger partial charge in [-0.15, -0.1) is 0 Å². The molecule has 0 bridgehead atoms. The van der Waals surface area contributed by atoms with E-state index in [2.05, 4.69) is 5.32 Å². The maximum absolute atomic E-state index is 12.4. The number of benzene rings is 1. The smallest absolute Gasteiger partial charge is 0.238 e. The van der Waals surface area contributed by atoms with Gasteiger partial charge in [-0.3, -0.25) is 4.79 Å². The van der Waals surface area contributed by atoms with E-state index in [-0.39, 0.29) is 4.90 Å². The van der Waals surface area contributed by atoms with E-state index in [9.17, 15) is 13.2 Å². The fourth-order valence-electron chi connectivity index (χ4n) is 1.51. The van der Waals surface area contributed by atoms with Crippen molar-refractivity contribution in [2.24, 2.45) is 0 Å². The molecule has 0 radical (unpaired) electrons. The van der Waals surface area contributed by atoms with Gasteiger partial charge in [0.2, 0.25) is 5.91 Å². The minimum atomic E-state index is -3.74. The summed E-state index contributed by atoms with van der Waals surface area (Å²) in [5.41, 5.74) is -0.435. The average Bonchev–Trinajstić information content (AvgIpc) is 2.37. The van der Waals surface area contributed by atoms with E-state index >= 15 is 0 Å². The van der Waals surface area contributed by atoms with Crippen LogP contribution in [0.1, 0.15) is 34.1 Å². The lowest BCUT2D eigenvalue weighted by Gasteiger charge is -2.26. The largest absolute Gasteiger partial charge is 0.350 e. The lowest BCUT2D eigenvalue weighted by molar-refractivity contribution is -0.122. The monoisotopic (exact) mass is 317 g/mol. The van der Waals surface area contributed by atoms with E-state index in [0.29, 0.717) is 11.4 Å². The number of carbonyl (C=O) groups is 1. The molecule has 1 aromatic carbocycles. The van der Waals surface area contributed by atoms with Crippen molar-refractivity contribution in [1.29, 1.82) is 0 Å². The standard InChI is InChI=1S/C14H20ClNO3S/c1-5-14(3,4)16-13(17)10(2)20(18,19)12-8-6-7-11(15)9-12/h6-10H,5H2,1-4H3,(H,16,17). The Balaban J connectivity index is 3.01. The van der Waals surface area contributed by atoms with Crippen LogP contribution in [0.15, 0.2) is 29.2 Å². The van der Waals surface area contributed by atoms with Crippen LogP contribution in [0.25, 0.3) is 0 Å². The molecule has 4 nitrogen and oxygen atoms in total. The molecular formula is C14H20ClNO3S. The molecule has 1 unspecified atom stereocenters. The second-order valence-corrected chi connectivity index (χ2v) is 8.08. The van der Waals surface area contributed by atoms with Crippen molar-refractivity contribution in [2.75, 3.05) is 0 Å². The number of sulfone groups is 1. The van der Waals surface area contributed by atoms with Crippen LogP contribution >= 0.6 is 11.6 Å². The summed E-state index contributed by atoms with van der Waals surface area (Å²) in [5, 5.41) is 1.91. The Bertz CT molecular complexity index is 596. The molecule has 1 atom stereocenters. The van der Waals surface area contributed by atoms with Gasteiger partial charge in [-0.25, -0.2) is 8.42 Å². The second-order valence-electron chi connectivity index (χ2n) is 5.37. The number of nitrogens with one attached hydrogen (secondary N) is 1. The molecule has 1 rings (SSSR count). The first-order chi connectivity index (χ1) is 9.10. The summed E-state index contributed by atoms with van der Waals surface area (Å²) in [4.78, 5) is 12.2. The molecule has 0 aliphatic heterocycles. The highest BCUT2D eigenvalue weighted by Crippen LogP contribution is 2.20. The predicted octanol–water partition coefficient (Wildman–Crippen LogP) is 2.81. The second kappa shape index (κ2) is 6.14. The molecule has 0 aliphatic rings. The third-order valence-electron chi connectivity index (χ3n) is 3.30. The lowest BCUT2D eigenvalue weighted by atomic mass is 10.0. The first kappa shape index (κ1) is 17.0. The highest BCUT2D eigenvalue weighted by molar-refractivity contribution is 7.92. The molecule has 1 aromatic rings. The van der Waals surface area contributed by atoms with Crippen LogP contribution in [0, 0.1) is 0 Å². The third-order valence-corrected chi connectivity index (χ3v) is 5.60. The Kier molecular flexibility index (Phi) is 5.21. The van der Waals surface area contributed by atoms with Gasteiger partial charge in [-0.2, -0.15) is 0 Å². The van der Waals surface area contributed by atoms with Crippen LogP contribution in [-0.2, 0) is 14.6 Å². The molecule has 1 N–H and O–H groups in total. The average molecular weight is 318 g/mol. The van der Waals surface area contributed by atoms with Gasteiger partial charge in [0.1, 0.15) is 5.25 Å². The molecule has 0 heterocycles. The van der Waals surface area contributed by atoms with Crippen molar-refractivity contribution in [1.82, 2.24) is 5.32 Å². The molecule has 0 aliphatic carbocycles. The molecule has 20 heavy (non-hydrogen) atoms. The number of amides is 1. The first-order valence-electron chi connectivity index (χ1n) is 6.41. The Hall–Kier alpha value is -1.07. The van der Waals surface area contributed by atoms with Crippen molar-refractivity contribution in [2.45, 2.75) is 49.8 Å². The van der Waals surface area contributed by atoms with Crippen LogP contribution in [0.4, 0.5) is 0 Å². The zero-order valence-electron chi connectivity index (χ0n) is 12.1. The van der Waals surface area contributed by atoms with E-state index in [1.54, 1.807) is 12.1 Å². The van der Waals surface area contributed by atoms with Crippen LogP contribution < -0.4 is 5.32 Å². The minimum Gasteiger partial charge on any atom is -0.350 e. The predicted molar refractivity (Wildman–Crippen MR) is 80.6 cm³/mol. The van der Waals surface area contributed by atoms with Crippen molar-refractivity contribution < 1.29 is 13.2 Å². The molecule has 0 spiro atoms. The number of rotatable bonds is 5. The highest BCUT2D eigenvalue weighted by atomic mass is 35.5. The number of carbonyl (C=O) groups excluding carboxylic acids is 1. The van der Waals surface area contributed by atoms with Gasteiger partial charge in [0.25, 0.3) is 0 Å². The molecular weight excluding hydrogens is 298 g/mol. The van der Waals surface area contributed by atoms with E-state index in [1.807, 2.05) is 20.8 Å². The summed E-state index contributed by atoms with van der Waals surface area (Å²) in [6, 6.07) is 5.93. The Morgan fingerprint density at radius 1 is 1.40 bits per heavy atom.